The van der Waals surface area contributed by atoms with Crippen LogP contribution >= 0.6 is 0 Å². The Balaban J connectivity index is 1.15. The monoisotopic (exact) mass is 708 g/mol. The maximum absolute atomic E-state index is 2.45. The summed E-state index contributed by atoms with van der Waals surface area (Å²) in [6.07, 6.45) is 3.28. The second kappa shape index (κ2) is 14.2. The number of fused-ring (bicyclic) bond motifs is 5. The zero-order valence-corrected chi connectivity index (χ0v) is 33.1. The van der Waals surface area contributed by atoms with Gasteiger partial charge in [-0.1, -0.05) is 195 Å². The van der Waals surface area contributed by atoms with E-state index < -0.39 is 0 Å². The molecule has 0 saturated heterocycles. The Morgan fingerprint density at radius 1 is 0.455 bits per heavy atom. The van der Waals surface area contributed by atoms with Gasteiger partial charge in [-0.3, -0.25) is 0 Å². The third kappa shape index (κ3) is 6.21. The predicted molar refractivity (Wildman–Crippen MR) is 239 cm³/mol. The van der Waals surface area contributed by atoms with Crippen molar-refractivity contribution >= 4 is 44.6 Å². The fourth-order valence-electron chi connectivity index (χ4n) is 10.4. The molecule has 0 amide bonds. The van der Waals surface area contributed by atoms with Crippen LogP contribution in [0.1, 0.15) is 62.4 Å². The van der Waals surface area contributed by atoms with Crippen molar-refractivity contribution < 1.29 is 0 Å². The molecule has 1 aliphatic rings. The first-order chi connectivity index (χ1) is 26.8. The number of rotatable bonds is 7. The van der Waals surface area contributed by atoms with E-state index in [0.29, 0.717) is 5.92 Å². The molecule has 1 heteroatoms. The average molecular weight is 709 g/mol. The van der Waals surface area contributed by atoms with Crippen LogP contribution in [0.4, 0.5) is 0 Å². The summed E-state index contributed by atoms with van der Waals surface area (Å²) in [5.41, 5.74) is 22.1. The van der Waals surface area contributed by atoms with E-state index in [-0.39, 0.29) is 6.71 Å². The van der Waals surface area contributed by atoms with Crippen LogP contribution in [0.3, 0.4) is 0 Å². The van der Waals surface area contributed by atoms with Gasteiger partial charge in [-0.2, -0.15) is 0 Å². The lowest BCUT2D eigenvalue weighted by Crippen LogP contribution is -2.56. The Morgan fingerprint density at radius 2 is 0.945 bits per heavy atom. The lowest BCUT2D eigenvalue weighted by molar-refractivity contribution is 0.617. The zero-order valence-electron chi connectivity index (χ0n) is 33.1. The SMILES string of the molecule is Cc1cc(C)c(B(c2c(C)cc(C)cc2C)c2ccc(-c3ccc(CCC4Cc5ccccc5-c5ccccc54)c4ccccc34)c3ccccc23)c(C)c1. The fourth-order valence-corrected chi connectivity index (χ4v) is 10.4. The predicted octanol–water partition coefficient (Wildman–Crippen LogP) is 12.0. The summed E-state index contributed by atoms with van der Waals surface area (Å²) in [7, 11) is 0. The second-order valence-corrected chi connectivity index (χ2v) is 16.3. The van der Waals surface area contributed by atoms with Gasteiger partial charge in [0, 0.05) is 0 Å². The molecule has 0 aliphatic heterocycles. The normalized spacial score (nSPS) is 13.5. The van der Waals surface area contributed by atoms with Gasteiger partial charge in [0.05, 0.1) is 0 Å². The van der Waals surface area contributed by atoms with Crippen molar-refractivity contribution in [1.29, 1.82) is 0 Å². The van der Waals surface area contributed by atoms with Gasteiger partial charge in [0.1, 0.15) is 0 Å². The van der Waals surface area contributed by atoms with Gasteiger partial charge in [0.2, 0.25) is 6.71 Å². The molecular formula is C54H49B. The van der Waals surface area contributed by atoms with Crippen LogP contribution in [0.15, 0.2) is 146 Å². The molecule has 0 saturated carbocycles. The second-order valence-electron chi connectivity index (χ2n) is 16.3. The number of hydrogen-bond acceptors (Lipinski definition) is 0. The minimum absolute atomic E-state index is 0.121. The van der Waals surface area contributed by atoms with Crippen molar-refractivity contribution in [3.8, 4) is 22.3 Å². The van der Waals surface area contributed by atoms with Gasteiger partial charge in [-0.05, 0) is 127 Å². The van der Waals surface area contributed by atoms with Gasteiger partial charge in [-0.15, -0.1) is 0 Å². The molecule has 0 fully saturated rings. The molecule has 1 aliphatic carbocycles. The van der Waals surface area contributed by atoms with Crippen molar-refractivity contribution in [2.45, 2.75) is 66.7 Å². The Kier molecular flexibility index (Phi) is 9.06. The van der Waals surface area contributed by atoms with E-state index in [4.69, 9.17) is 0 Å². The molecule has 1 atom stereocenters. The first-order valence-corrected chi connectivity index (χ1v) is 20.1. The van der Waals surface area contributed by atoms with Crippen LogP contribution in [0.25, 0.3) is 43.8 Å². The Morgan fingerprint density at radius 3 is 1.58 bits per heavy atom. The first-order valence-electron chi connectivity index (χ1n) is 20.1. The minimum Gasteiger partial charge on any atom is -0.0657 e. The van der Waals surface area contributed by atoms with Crippen LogP contribution in [0.5, 0.6) is 0 Å². The van der Waals surface area contributed by atoms with E-state index in [1.54, 1.807) is 0 Å². The zero-order chi connectivity index (χ0) is 37.8. The summed E-state index contributed by atoms with van der Waals surface area (Å²) >= 11 is 0. The Bertz CT molecular complexity index is 2660. The van der Waals surface area contributed by atoms with E-state index in [0.717, 1.165) is 19.3 Å². The number of hydrogen-bond donors (Lipinski definition) is 0. The maximum Gasteiger partial charge on any atom is 0.243 e. The van der Waals surface area contributed by atoms with Crippen molar-refractivity contribution in [3.05, 3.63) is 196 Å². The minimum atomic E-state index is 0.121. The van der Waals surface area contributed by atoms with Crippen LogP contribution in [0.2, 0.25) is 0 Å². The summed E-state index contributed by atoms with van der Waals surface area (Å²) in [6.45, 7) is 13.8. The molecule has 0 radical (unpaired) electrons. The largest absolute Gasteiger partial charge is 0.243 e. The lowest BCUT2D eigenvalue weighted by Gasteiger charge is -2.28. The van der Waals surface area contributed by atoms with E-state index in [1.165, 1.54) is 110 Å². The van der Waals surface area contributed by atoms with Crippen molar-refractivity contribution in [1.82, 2.24) is 0 Å². The van der Waals surface area contributed by atoms with Gasteiger partial charge in [0.25, 0.3) is 0 Å². The molecule has 0 bridgehead atoms. The smallest absolute Gasteiger partial charge is 0.0657 e. The highest BCUT2D eigenvalue weighted by Crippen LogP contribution is 2.42. The average Bonchev–Trinajstić information content (AvgIpc) is 3.18. The van der Waals surface area contributed by atoms with Crippen molar-refractivity contribution in [2.75, 3.05) is 0 Å². The van der Waals surface area contributed by atoms with Crippen LogP contribution in [-0.4, -0.2) is 6.71 Å². The molecule has 0 spiro atoms. The summed E-state index contributed by atoms with van der Waals surface area (Å²) in [6, 6.07) is 55.5. The summed E-state index contributed by atoms with van der Waals surface area (Å²) in [5, 5.41) is 5.34. The van der Waals surface area contributed by atoms with E-state index >= 15 is 0 Å². The molecule has 0 heterocycles. The molecule has 55 heavy (non-hydrogen) atoms. The molecular weight excluding hydrogens is 659 g/mol. The Hall–Kier alpha value is -5.66. The molecule has 0 N–H and O–H groups in total. The molecule has 1 unspecified atom stereocenters. The maximum atomic E-state index is 2.45. The third-order valence-electron chi connectivity index (χ3n) is 12.6. The van der Waals surface area contributed by atoms with Crippen LogP contribution < -0.4 is 16.4 Å². The van der Waals surface area contributed by atoms with Gasteiger partial charge < -0.3 is 0 Å². The fraction of sp³-hybridized carbons (Fsp3) is 0.185. The first kappa shape index (κ1) is 35.1. The number of aryl methyl sites for hydroxylation is 7. The highest BCUT2D eigenvalue weighted by atomic mass is 14.3. The number of benzene rings is 8. The summed E-state index contributed by atoms with van der Waals surface area (Å²) in [4.78, 5) is 0. The molecule has 0 aromatic heterocycles. The van der Waals surface area contributed by atoms with Gasteiger partial charge >= 0.3 is 0 Å². The highest BCUT2D eigenvalue weighted by molar-refractivity contribution is 6.98. The quantitative estimate of drug-likeness (QED) is 0.145. The van der Waals surface area contributed by atoms with Crippen LogP contribution in [-0.2, 0) is 12.8 Å². The highest BCUT2D eigenvalue weighted by Gasteiger charge is 2.30. The van der Waals surface area contributed by atoms with Crippen molar-refractivity contribution in [3.63, 3.8) is 0 Å². The van der Waals surface area contributed by atoms with E-state index in [9.17, 15) is 0 Å². The molecule has 8 aromatic rings. The molecule has 268 valence electrons. The van der Waals surface area contributed by atoms with Gasteiger partial charge in [0.15, 0.2) is 0 Å². The topological polar surface area (TPSA) is 0 Å². The van der Waals surface area contributed by atoms with Gasteiger partial charge in [-0.25, -0.2) is 0 Å². The van der Waals surface area contributed by atoms with Crippen LogP contribution in [0, 0.1) is 41.5 Å². The summed E-state index contributed by atoms with van der Waals surface area (Å²) < 4.78 is 0. The molecule has 0 nitrogen and oxygen atoms in total. The Labute approximate surface area is 328 Å². The summed E-state index contributed by atoms with van der Waals surface area (Å²) in [5.74, 6) is 0.510. The van der Waals surface area contributed by atoms with E-state index in [1.807, 2.05) is 0 Å². The molecule has 9 rings (SSSR count). The van der Waals surface area contributed by atoms with E-state index in [2.05, 4.69) is 187 Å². The standard InChI is InChI=1S/C54H49B/c1-34-29-36(3)53(37(4)30-34)55(54-38(5)31-35(2)32-39(54)6)52-28-27-50(48-21-13-14-22-51(48)52)49-26-25-40(43-16-9-12-20-47(43)49)23-24-42-33-41-15-7-8-17-44(41)46-19-11-10-18-45(42)46/h7-22,25-32,42H,23-24,33H2,1-6H3. The van der Waals surface area contributed by atoms with Crippen molar-refractivity contribution in [2.24, 2.45) is 0 Å². The lowest BCUT2D eigenvalue weighted by atomic mass is 9.33. The molecule has 8 aromatic carbocycles. The third-order valence-corrected chi connectivity index (χ3v) is 12.6.